The lowest BCUT2D eigenvalue weighted by atomic mass is 10.1. The minimum Gasteiger partial charge on any atom is -0.465 e. The second-order valence-electron chi connectivity index (χ2n) is 7.00. The third-order valence-corrected chi connectivity index (χ3v) is 6.99. The van der Waals surface area contributed by atoms with Gasteiger partial charge >= 0.3 is 11.9 Å². The van der Waals surface area contributed by atoms with Crippen LogP contribution in [-0.4, -0.2) is 52.6 Å². The summed E-state index contributed by atoms with van der Waals surface area (Å²) in [5.41, 5.74) is 2.63. The number of benzene rings is 1. The Morgan fingerprint density at radius 1 is 1.06 bits per heavy atom. The van der Waals surface area contributed by atoms with Gasteiger partial charge in [0.15, 0.2) is 11.0 Å². The van der Waals surface area contributed by atoms with Gasteiger partial charge in [0.05, 0.1) is 25.5 Å². The molecule has 2 aromatic heterocycles. The van der Waals surface area contributed by atoms with E-state index < -0.39 is 11.9 Å². The van der Waals surface area contributed by atoms with Crippen molar-refractivity contribution < 1.29 is 23.9 Å². The molecular formula is C22H24N4O5S2. The number of hydrogen-bond donors (Lipinski definition) is 1. The minimum atomic E-state index is -0.643. The van der Waals surface area contributed by atoms with E-state index in [0.29, 0.717) is 17.3 Å². The number of esters is 2. The number of hydrogen-bond acceptors (Lipinski definition) is 9. The monoisotopic (exact) mass is 488 g/mol. The van der Waals surface area contributed by atoms with Gasteiger partial charge in [0.2, 0.25) is 5.91 Å². The van der Waals surface area contributed by atoms with Gasteiger partial charge in [-0.25, -0.2) is 9.59 Å². The first-order chi connectivity index (χ1) is 15.8. The molecule has 0 aliphatic heterocycles. The van der Waals surface area contributed by atoms with Crippen LogP contribution in [0.3, 0.4) is 0 Å². The highest BCUT2D eigenvalue weighted by Gasteiger charge is 2.27. The molecule has 0 spiro atoms. The van der Waals surface area contributed by atoms with Crippen LogP contribution in [0, 0.1) is 13.8 Å². The Morgan fingerprint density at radius 2 is 1.73 bits per heavy atom. The number of carbonyl (C=O) groups is 3. The molecular weight excluding hydrogens is 464 g/mol. The Morgan fingerprint density at radius 3 is 2.33 bits per heavy atom. The number of ether oxygens (including phenoxy) is 2. The van der Waals surface area contributed by atoms with Gasteiger partial charge in [0, 0.05) is 12.1 Å². The SMILES string of the molecule is CCn1c(SCC(=O)Nc2sc(C(=O)OC)c(C)c2C(=O)OC)nnc1-c1ccc(C)cc1. The second-order valence-corrected chi connectivity index (χ2v) is 8.96. The maximum absolute atomic E-state index is 12.7. The fourth-order valence-corrected chi connectivity index (χ4v) is 5.06. The maximum Gasteiger partial charge on any atom is 0.348 e. The minimum absolute atomic E-state index is 0.0388. The molecule has 3 rings (SSSR count). The molecule has 0 saturated heterocycles. The van der Waals surface area contributed by atoms with Crippen molar-refractivity contribution in [2.75, 3.05) is 25.3 Å². The molecule has 3 aromatic rings. The highest BCUT2D eigenvalue weighted by molar-refractivity contribution is 7.99. The van der Waals surface area contributed by atoms with Crippen LogP contribution in [0.5, 0.6) is 0 Å². The average molecular weight is 489 g/mol. The molecule has 9 nitrogen and oxygen atoms in total. The summed E-state index contributed by atoms with van der Waals surface area (Å²) in [6.07, 6.45) is 0. The van der Waals surface area contributed by atoms with Gasteiger partial charge in [-0.15, -0.1) is 21.5 Å². The number of nitrogens with one attached hydrogen (secondary N) is 1. The number of rotatable bonds is 8. The zero-order valence-electron chi connectivity index (χ0n) is 18.9. The molecule has 0 bridgehead atoms. The summed E-state index contributed by atoms with van der Waals surface area (Å²) >= 11 is 2.21. The number of thiophene rings is 1. The van der Waals surface area contributed by atoms with Gasteiger partial charge in [-0.1, -0.05) is 41.6 Å². The van der Waals surface area contributed by atoms with Crippen LogP contribution in [0.25, 0.3) is 11.4 Å². The Labute approximate surface area is 199 Å². The number of thioether (sulfide) groups is 1. The number of aromatic nitrogens is 3. The topological polar surface area (TPSA) is 112 Å². The van der Waals surface area contributed by atoms with Crippen molar-refractivity contribution >= 4 is 45.9 Å². The number of nitrogens with zero attached hydrogens (tertiary/aromatic N) is 3. The Balaban J connectivity index is 1.77. The van der Waals surface area contributed by atoms with Gasteiger partial charge in [0.25, 0.3) is 0 Å². The number of amides is 1. The van der Waals surface area contributed by atoms with E-state index in [-0.39, 0.29) is 27.1 Å². The number of carbonyl (C=O) groups excluding carboxylic acids is 3. The fraction of sp³-hybridized carbons (Fsp3) is 0.318. The van der Waals surface area contributed by atoms with Crippen molar-refractivity contribution in [2.24, 2.45) is 0 Å². The van der Waals surface area contributed by atoms with Crippen LogP contribution in [0.1, 0.15) is 38.1 Å². The lowest BCUT2D eigenvalue weighted by Gasteiger charge is -2.08. The highest BCUT2D eigenvalue weighted by atomic mass is 32.2. The predicted molar refractivity (Wildman–Crippen MR) is 127 cm³/mol. The van der Waals surface area contributed by atoms with Crippen molar-refractivity contribution in [2.45, 2.75) is 32.5 Å². The van der Waals surface area contributed by atoms with E-state index in [9.17, 15) is 14.4 Å². The molecule has 0 aliphatic rings. The molecule has 0 fully saturated rings. The molecule has 0 radical (unpaired) electrons. The van der Waals surface area contributed by atoms with Crippen molar-refractivity contribution in [3.8, 4) is 11.4 Å². The molecule has 0 atom stereocenters. The molecule has 11 heteroatoms. The van der Waals surface area contributed by atoms with Crippen LogP contribution in [0.4, 0.5) is 5.00 Å². The Bertz CT molecular complexity index is 1180. The van der Waals surface area contributed by atoms with Crippen molar-refractivity contribution in [1.29, 1.82) is 0 Å². The fourth-order valence-electron chi connectivity index (χ4n) is 3.13. The number of aryl methyl sites for hydroxylation is 1. The van der Waals surface area contributed by atoms with E-state index in [1.54, 1.807) is 6.92 Å². The molecule has 174 valence electrons. The second kappa shape index (κ2) is 10.6. The summed E-state index contributed by atoms with van der Waals surface area (Å²) in [6, 6.07) is 7.99. The van der Waals surface area contributed by atoms with E-state index in [0.717, 1.165) is 28.3 Å². The van der Waals surface area contributed by atoms with Crippen LogP contribution in [-0.2, 0) is 20.8 Å². The number of anilines is 1. The Kier molecular flexibility index (Phi) is 7.88. The average Bonchev–Trinajstić information content (AvgIpc) is 3.37. The quantitative estimate of drug-likeness (QED) is 0.375. The molecule has 0 unspecified atom stereocenters. The van der Waals surface area contributed by atoms with Crippen molar-refractivity contribution in [1.82, 2.24) is 14.8 Å². The molecule has 0 saturated carbocycles. The third-order valence-electron chi connectivity index (χ3n) is 4.84. The molecule has 1 N–H and O–H groups in total. The third kappa shape index (κ3) is 5.25. The first-order valence-electron chi connectivity index (χ1n) is 10.0. The lowest BCUT2D eigenvalue weighted by Crippen LogP contribution is -2.16. The summed E-state index contributed by atoms with van der Waals surface area (Å²) in [6.45, 7) is 6.24. The van der Waals surface area contributed by atoms with Gasteiger partial charge < -0.3 is 19.4 Å². The van der Waals surface area contributed by atoms with E-state index >= 15 is 0 Å². The highest BCUT2D eigenvalue weighted by Crippen LogP contribution is 2.34. The molecule has 2 heterocycles. The summed E-state index contributed by atoms with van der Waals surface area (Å²) in [4.78, 5) is 37.2. The van der Waals surface area contributed by atoms with Crippen molar-refractivity contribution in [3.05, 3.63) is 45.8 Å². The predicted octanol–water partition coefficient (Wildman–Crippen LogP) is 3.95. The standard InChI is InChI=1S/C22H24N4O5S2/c1-6-26-18(14-9-7-12(2)8-10-14)24-25-22(26)32-11-15(27)23-19-16(20(28)30-4)13(3)17(33-19)21(29)31-5/h7-10H,6,11H2,1-5H3,(H,23,27). The maximum atomic E-state index is 12.7. The van der Waals surface area contributed by atoms with E-state index in [4.69, 9.17) is 9.47 Å². The van der Waals surface area contributed by atoms with Gasteiger partial charge in [-0.05, 0) is 26.3 Å². The van der Waals surface area contributed by atoms with Gasteiger partial charge in [-0.2, -0.15) is 0 Å². The molecule has 1 aromatic carbocycles. The van der Waals surface area contributed by atoms with Crippen LogP contribution in [0.2, 0.25) is 0 Å². The zero-order chi connectivity index (χ0) is 24.1. The van der Waals surface area contributed by atoms with Gasteiger partial charge in [-0.3, -0.25) is 4.79 Å². The van der Waals surface area contributed by atoms with E-state index in [2.05, 4.69) is 15.5 Å². The number of methoxy groups -OCH3 is 2. The summed E-state index contributed by atoms with van der Waals surface area (Å²) in [5.74, 6) is -0.820. The zero-order valence-corrected chi connectivity index (χ0v) is 20.6. The normalized spacial score (nSPS) is 10.7. The lowest BCUT2D eigenvalue weighted by molar-refractivity contribution is -0.113. The molecule has 0 aliphatic carbocycles. The summed E-state index contributed by atoms with van der Waals surface area (Å²) < 4.78 is 11.5. The van der Waals surface area contributed by atoms with E-state index in [1.165, 1.54) is 26.0 Å². The Hall–Kier alpha value is -3.18. The summed E-state index contributed by atoms with van der Waals surface area (Å²) in [5, 5.41) is 12.1. The smallest absolute Gasteiger partial charge is 0.348 e. The van der Waals surface area contributed by atoms with Crippen molar-refractivity contribution in [3.63, 3.8) is 0 Å². The largest absolute Gasteiger partial charge is 0.465 e. The molecule has 1 amide bonds. The first-order valence-corrected chi connectivity index (χ1v) is 11.8. The first kappa shape index (κ1) is 24.5. The van der Waals surface area contributed by atoms with Gasteiger partial charge in [0.1, 0.15) is 9.88 Å². The van der Waals surface area contributed by atoms with Crippen LogP contribution >= 0.6 is 23.1 Å². The van der Waals surface area contributed by atoms with Crippen LogP contribution in [0.15, 0.2) is 29.4 Å². The van der Waals surface area contributed by atoms with E-state index in [1.807, 2.05) is 42.7 Å². The molecule has 33 heavy (non-hydrogen) atoms. The summed E-state index contributed by atoms with van der Waals surface area (Å²) in [7, 11) is 2.49. The van der Waals surface area contributed by atoms with Crippen LogP contribution < -0.4 is 5.32 Å².